The fourth-order valence-electron chi connectivity index (χ4n) is 2.37. The highest BCUT2D eigenvalue weighted by Gasteiger charge is 2.32. The van der Waals surface area contributed by atoms with Gasteiger partial charge in [0.15, 0.2) is 0 Å². The van der Waals surface area contributed by atoms with Gasteiger partial charge in [-0.2, -0.15) is 0 Å². The summed E-state index contributed by atoms with van der Waals surface area (Å²) in [6.07, 6.45) is 4.89. The Kier molecular flexibility index (Phi) is 7.04. The number of aliphatic hydroxyl groups excluding tert-OH is 3. The Morgan fingerprint density at radius 1 is 0.882 bits per heavy atom. The Labute approximate surface area is 104 Å². The average molecular weight is 245 g/mol. The smallest absolute Gasteiger partial charge is 0.108 e. The van der Waals surface area contributed by atoms with Crippen molar-refractivity contribution in [3.8, 4) is 0 Å². The van der Waals surface area contributed by atoms with Crippen molar-refractivity contribution in [3.63, 3.8) is 0 Å². The van der Waals surface area contributed by atoms with Gasteiger partial charge in [-0.15, -0.1) is 0 Å². The average Bonchev–Trinajstić information content (AvgIpc) is 2.30. The number of likely N-dealkylation sites (tertiary alicyclic amines) is 1. The number of nitrogens with zero attached hydrogens (tertiary/aromatic N) is 1. The number of hydrogen-bond donors (Lipinski definition) is 3. The van der Waals surface area contributed by atoms with Gasteiger partial charge in [0.05, 0.1) is 12.2 Å². The predicted octanol–water partition coefficient (Wildman–Crippen LogP) is 0.745. The Balaban J connectivity index is 2.07. The van der Waals surface area contributed by atoms with E-state index in [4.69, 9.17) is 0 Å². The van der Waals surface area contributed by atoms with E-state index in [0.717, 1.165) is 13.0 Å². The topological polar surface area (TPSA) is 63.9 Å². The molecule has 0 saturated carbocycles. The molecule has 0 aromatic carbocycles. The van der Waals surface area contributed by atoms with E-state index in [2.05, 4.69) is 6.92 Å². The van der Waals surface area contributed by atoms with Gasteiger partial charge in [-0.1, -0.05) is 39.0 Å². The molecule has 1 aliphatic heterocycles. The fourth-order valence-corrected chi connectivity index (χ4v) is 2.37. The quantitative estimate of drug-likeness (QED) is 0.579. The number of piperidine rings is 1. The fraction of sp³-hybridized carbons (Fsp3) is 1.00. The molecule has 3 N–H and O–H groups in total. The molecule has 0 bridgehead atoms. The zero-order chi connectivity index (χ0) is 12.7. The Hall–Kier alpha value is -0.160. The van der Waals surface area contributed by atoms with Crippen LogP contribution in [0.4, 0.5) is 0 Å². The molecule has 0 aliphatic carbocycles. The summed E-state index contributed by atoms with van der Waals surface area (Å²) in [5.41, 5.74) is 0. The Morgan fingerprint density at radius 2 is 1.41 bits per heavy atom. The summed E-state index contributed by atoms with van der Waals surface area (Å²) < 4.78 is 0. The largest absolute Gasteiger partial charge is 0.389 e. The Morgan fingerprint density at radius 3 is 2.00 bits per heavy atom. The van der Waals surface area contributed by atoms with Crippen molar-refractivity contribution < 1.29 is 15.3 Å². The van der Waals surface area contributed by atoms with E-state index >= 15 is 0 Å². The minimum atomic E-state index is -0.976. The Bertz CT molecular complexity index is 189. The lowest BCUT2D eigenvalue weighted by Gasteiger charge is -2.36. The summed E-state index contributed by atoms with van der Waals surface area (Å²) >= 11 is 0. The highest BCUT2D eigenvalue weighted by molar-refractivity contribution is 4.86. The lowest BCUT2D eigenvalue weighted by atomic mass is 10.0. The van der Waals surface area contributed by atoms with Crippen molar-refractivity contribution >= 4 is 0 Å². The second kappa shape index (κ2) is 8.03. The van der Waals surface area contributed by atoms with Crippen molar-refractivity contribution in [2.45, 2.75) is 63.8 Å². The third-order valence-corrected chi connectivity index (χ3v) is 3.51. The summed E-state index contributed by atoms with van der Waals surface area (Å²) in [4.78, 5) is 2.04. The van der Waals surface area contributed by atoms with E-state index in [1.165, 1.54) is 32.1 Å². The second-order valence-electron chi connectivity index (χ2n) is 5.15. The minimum absolute atomic E-state index is 0.479. The summed E-state index contributed by atoms with van der Waals surface area (Å²) in [6, 6.07) is 0. The van der Waals surface area contributed by atoms with Crippen LogP contribution in [0.25, 0.3) is 0 Å². The van der Waals surface area contributed by atoms with Gasteiger partial charge >= 0.3 is 0 Å². The third-order valence-electron chi connectivity index (χ3n) is 3.51. The molecule has 0 amide bonds. The minimum Gasteiger partial charge on any atom is -0.389 e. The van der Waals surface area contributed by atoms with Gasteiger partial charge in [0, 0.05) is 13.1 Å². The zero-order valence-electron chi connectivity index (χ0n) is 10.9. The zero-order valence-corrected chi connectivity index (χ0v) is 10.9. The number of β-amino-alcohol motifs (C(OH)–C–C–N with tert-alkyl or cyclic N) is 2. The van der Waals surface area contributed by atoms with E-state index < -0.39 is 18.3 Å². The van der Waals surface area contributed by atoms with E-state index in [9.17, 15) is 15.3 Å². The van der Waals surface area contributed by atoms with Crippen LogP contribution in [0.5, 0.6) is 0 Å². The molecular formula is C13H27NO3. The maximum absolute atomic E-state index is 9.54. The van der Waals surface area contributed by atoms with E-state index in [1.807, 2.05) is 4.90 Å². The first-order chi connectivity index (χ1) is 8.15. The monoisotopic (exact) mass is 245 g/mol. The molecule has 1 saturated heterocycles. The lowest BCUT2D eigenvalue weighted by Crippen LogP contribution is -2.55. The van der Waals surface area contributed by atoms with Crippen molar-refractivity contribution in [3.05, 3.63) is 0 Å². The SMILES string of the molecule is CCCCCCCCN1C[C@@H](O)C(O)[C@@H](O)C1. The standard InChI is InChI=1S/C13H27NO3/c1-2-3-4-5-6-7-8-14-9-11(15)13(17)12(16)10-14/h11-13,15-17H,2-10H2,1H3/t11-,12+,13?. The number of rotatable bonds is 7. The molecule has 1 fully saturated rings. The van der Waals surface area contributed by atoms with Crippen LogP contribution in [0.1, 0.15) is 45.4 Å². The van der Waals surface area contributed by atoms with Gasteiger partial charge < -0.3 is 15.3 Å². The maximum Gasteiger partial charge on any atom is 0.108 e. The second-order valence-corrected chi connectivity index (χ2v) is 5.15. The number of hydrogen-bond acceptors (Lipinski definition) is 4. The molecule has 102 valence electrons. The first-order valence-corrected chi connectivity index (χ1v) is 6.91. The van der Waals surface area contributed by atoms with Gasteiger partial charge in [-0.05, 0) is 13.0 Å². The maximum atomic E-state index is 9.54. The van der Waals surface area contributed by atoms with Crippen LogP contribution in [0, 0.1) is 0 Å². The van der Waals surface area contributed by atoms with E-state index in [-0.39, 0.29) is 0 Å². The first-order valence-electron chi connectivity index (χ1n) is 6.91. The van der Waals surface area contributed by atoms with Gasteiger partial charge in [0.25, 0.3) is 0 Å². The van der Waals surface area contributed by atoms with Crippen LogP contribution in [-0.2, 0) is 0 Å². The summed E-state index contributed by atoms with van der Waals surface area (Å²) in [5, 5.41) is 28.5. The summed E-state index contributed by atoms with van der Waals surface area (Å²) in [7, 11) is 0. The van der Waals surface area contributed by atoms with Crippen LogP contribution in [0.3, 0.4) is 0 Å². The van der Waals surface area contributed by atoms with Gasteiger partial charge in [0.2, 0.25) is 0 Å². The van der Waals surface area contributed by atoms with Gasteiger partial charge in [-0.3, -0.25) is 4.90 Å². The van der Waals surface area contributed by atoms with Crippen LogP contribution >= 0.6 is 0 Å². The lowest BCUT2D eigenvalue weighted by molar-refractivity contribution is -0.109. The molecule has 0 aromatic heterocycles. The van der Waals surface area contributed by atoms with Crippen LogP contribution < -0.4 is 0 Å². The van der Waals surface area contributed by atoms with E-state index in [1.54, 1.807) is 0 Å². The highest BCUT2D eigenvalue weighted by atomic mass is 16.4. The summed E-state index contributed by atoms with van der Waals surface area (Å²) in [5.74, 6) is 0. The van der Waals surface area contributed by atoms with Crippen molar-refractivity contribution in [1.82, 2.24) is 4.90 Å². The molecule has 4 heteroatoms. The molecule has 0 spiro atoms. The molecular weight excluding hydrogens is 218 g/mol. The third kappa shape index (κ3) is 5.34. The number of unbranched alkanes of at least 4 members (excludes halogenated alkanes) is 5. The normalized spacial score (nSPS) is 30.7. The van der Waals surface area contributed by atoms with E-state index in [0.29, 0.717) is 13.1 Å². The van der Waals surface area contributed by atoms with Crippen LogP contribution in [0.15, 0.2) is 0 Å². The first kappa shape index (κ1) is 14.9. The highest BCUT2D eigenvalue weighted by Crippen LogP contribution is 2.13. The van der Waals surface area contributed by atoms with Crippen molar-refractivity contribution in [2.75, 3.05) is 19.6 Å². The van der Waals surface area contributed by atoms with Crippen molar-refractivity contribution in [1.29, 1.82) is 0 Å². The molecule has 17 heavy (non-hydrogen) atoms. The molecule has 1 aliphatic rings. The molecule has 4 nitrogen and oxygen atoms in total. The van der Waals surface area contributed by atoms with Crippen LogP contribution in [-0.4, -0.2) is 58.2 Å². The van der Waals surface area contributed by atoms with Gasteiger partial charge in [0.1, 0.15) is 6.10 Å². The van der Waals surface area contributed by atoms with Crippen molar-refractivity contribution in [2.24, 2.45) is 0 Å². The molecule has 1 unspecified atom stereocenters. The molecule has 1 heterocycles. The van der Waals surface area contributed by atoms with Gasteiger partial charge in [-0.25, -0.2) is 0 Å². The summed E-state index contributed by atoms with van der Waals surface area (Å²) in [6.45, 7) is 4.08. The molecule has 3 atom stereocenters. The molecule has 0 aromatic rings. The molecule has 0 radical (unpaired) electrons. The molecule has 1 rings (SSSR count). The van der Waals surface area contributed by atoms with Crippen LogP contribution in [0.2, 0.25) is 0 Å². The predicted molar refractivity (Wildman–Crippen MR) is 67.8 cm³/mol. The number of aliphatic hydroxyl groups is 3.